The Balaban J connectivity index is 1.86. The average Bonchev–Trinajstić information content (AvgIpc) is 2.40. The van der Waals surface area contributed by atoms with E-state index in [0.717, 1.165) is 36.3 Å². The van der Waals surface area contributed by atoms with E-state index in [4.69, 9.17) is 4.74 Å². The van der Waals surface area contributed by atoms with E-state index >= 15 is 0 Å². The van der Waals surface area contributed by atoms with Crippen LogP contribution in [-0.4, -0.2) is 38.8 Å². The minimum Gasteiger partial charge on any atom is -0.370 e. The number of benzene rings is 1. The smallest absolute Gasteiger partial charge is 0.275 e. The van der Waals surface area contributed by atoms with Crippen LogP contribution in [0, 0.1) is 0 Å². The maximum Gasteiger partial charge on any atom is 0.275 e. The molecule has 1 atom stereocenters. The van der Waals surface area contributed by atoms with E-state index in [9.17, 15) is 4.79 Å². The van der Waals surface area contributed by atoms with Crippen LogP contribution in [0.2, 0.25) is 0 Å². The molecule has 1 aromatic rings. The minimum absolute atomic E-state index is 0.0171. The van der Waals surface area contributed by atoms with Crippen molar-refractivity contribution >= 4 is 21.8 Å². The van der Waals surface area contributed by atoms with Crippen molar-refractivity contribution < 1.29 is 14.4 Å². The molecule has 0 radical (unpaired) electrons. The van der Waals surface area contributed by atoms with Crippen molar-refractivity contribution in [1.29, 1.82) is 0 Å². The first-order valence-electron chi connectivity index (χ1n) is 6.62. The topological polar surface area (TPSA) is 42.8 Å². The number of rotatable bonds is 4. The Morgan fingerprint density at radius 3 is 2.79 bits per heavy atom. The lowest BCUT2D eigenvalue weighted by atomic mass is 10.1. The van der Waals surface area contributed by atoms with Crippen molar-refractivity contribution in [2.45, 2.75) is 13.0 Å². The summed E-state index contributed by atoms with van der Waals surface area (Å²) < 4.78 is 6.32. The van der Waals surface area contributed by atoms with Gasteiger partial charge in [0.2, 0.25) is 0 Å². The zero-order valence-electron chi connectivity index (χ0n) is 11.1. The van der Waals surface area contributed by atoms with Gasteiger partial charge < -0.3 is 15.0 Å². The maximum atomic E-state index is 12.0. The summed E-state index contributed by atoms with van der Waals surface area (Å²) in [6.07, 6.45) is 0. The number of carbonyl (C=O) groups excluding carboxylic acids is 1. The lowest BCUT2D eigenvalue weighted by molar-refractivity contribution is -0.900. The van der Waals surface area contributed by atoms with Gasteiger partial charge >= 0.3 is 0 Å². The molecular weight excluding hydrogens is 308 g/mol. The number of halogens is 1. The van der Waals surface area contributed by atoms with Crippen LogP contribution >= 0.6 is 15.9 Å². The van der Waals surface area contributed by atoms with E-state index in [-0.39, 0.29) is 11.9 Å². The standard InChI is InChI=1S/C14H19BrN2O2/c1-11(12-4-2-3-5-13(12)15)16-14(18)10-17-6-8-19-9-7-17/h2-5,11H,6-10H2,1H3,(H,16,18)/p+1/t11-/m1/s1. The Labute approximate surface area is 122 Å². The number of hydrogen-bond donors (Lipinski definition) is 2. The van der Waals surface area contributed by atoms with Gasteiger partial charge in [-0.25, -0.2) is 0 Å². The van der Waals surface area contributed by atoms with Gasteiger partial charge in [0.05, 0.1) is 19.3 Å². The van der Waals surface area contributed by atoms with Gasteiger partial charge in [-0.1, -0.05) is 34.1 Å². The van der Waals surface area contributed by atoms with Gasteiger partial charge in [-0.15, -0.1) is 0 Å². The zero-order chi connectivity index (χ0) is 13.7. The lowest BCUT2D eigenvalue weighted by Crippen LogP contribution is -3.15. The molecular formula is C14H20BrN2O2+. The van der Waals surface area contributed by atoms with Crippen LogP contribution in [0.15, 0.2) is 28.7 Å². The summed E-state index contributed by atoms with van der Waals surface area (Å²) >= 11 is 3.51. The molecule has 2 N–H and O–H groups in total. The number of morpholine rings is 1. The van der Waals surface area contributed by atoms with Gasteiger partial charge in [0.25, 0.3) is 5.91 Å². The fourth-order valence-electron chi connectivity index (χ4n) is 2.26. The number of quaternary nitrogens is 1. The van der Waals surface area contributed by atoms with Gasteiger partial charge in [0.1, 0.15) is 13.1 Å². The monoisotopic (exact) mass is 327 g/mol. The molecule has 0 saturated carbocycles. The third kappa shape index (κ3) is 4.30. The summed E-state index contributed by atoms with van der Waals surface area (Å²) in [5, 5.41) is 3.05. The zero-order valence-corrected chi connectivity index (χ0v) is 12.7. The van der Waals surface area contributed by atoms with Crippen molar-refractivity contribution in [1.82, 2.24) is 5.32 Å². The van der Waals surface area contributed by atoms with Crippen molar-refractivity contribution in [3.05, 3.63) is 34.3 Å². The Morgan fingerprint density at radius 1 is 1.42 bits per heavy atom. The van der Waals surface area contributed by atoms with Crippen LogP contribution in [0.25, 0.3) is 0 Å². The van der Waals surface area contributed by atoms with Gasteiger partial charge in [0, 0.05) is 4.47 Å². The number of carbonyl (C=O) groups is 1. The molecule has 19 heavy (non-hydrogen) atoms. The number of hydrogen-bond acceptors (Lipinski definition) is 2. The van der Waals surface area contributed by atoms with E-state index in [1.54, 1.807) is 0 Å². The number of ether oxygens (including phenoxy) is 1. The minimum atomic E-state index is 0.0171. The summed E-state index contributed by atoms with van der Waals surface area (Å²) in [5.74, 6) is 0.0974. The van der Waals surface area contributed by atoms with Crippen LogP contribution in [0.5, 0.6) is 0 Å². The third-order valence-electron chi connectivity index (χ3n) is 3.36. The van der Waals surface area contributed by atoms with Crippen LogP contribution in [0.4, 0.5) is 0 Å². The molecule has 5 heteroatoms. The Bertz CT molecular complexity index is 433. The molecule has 0 bridgehead atoms. The van der Waals surface area contributed by atoms with E-state index in [0.29, 0.717) is 6.54 Å². The fraction of sp³-hybridized carbons (Fsp3) is 0.500. The third-order valence-corrected chi connectivity index (χ3v) is 4.08. The van der Waals surface area contributed by atoms with E-state index < -0.39 is 0 Å². The summed E-state index contributed by atoms with van der Waals surface area (Å²) in [7, 11) is 0. The number of nitrogens with one attached hydrogen (secondary N) is 2. The molecule has 2 rings (SSSR count). The highest BCUT2D eigenvalue weighted by atomic mass is 79.9. The highest BCUT2D eigenvalue weighted by molar-refractivity contribution is 9.10. The molecule has 1 aliphatic rings. The summed E-state index contributed by atoms with van der Waals surface area (Å²) in [6, 6.07) is 7.99. The maximum absolute atomic E-state index is 12.0. The molecule has 1 heterocycles. The van der Waals surface area contributed by atoms with Crippen molar-refractivity contribution in [2.75, 3.05) is 32.8 Å². The molecule has 1 amide bonds. The van der Waals surface area contributed by atoms with Crippen LogP contribution in [0.3, 0.4) is 0 Å². The summed E-state index contributed by atoms with van der Waals surface area (Å²) in [4.78, 5) is 13.3. The quantitative estimate of drug-likeness (QED) is 0.847. The molecule has 0 unspecified atom stereocenters. The van der Waals surface area contributed by atoms with E-state index in [1.165, 1.54) is 4.90 Å². The summed E-state index contributed by atoms with van der Waals surface area (Å²) in [5.41, 5.74) is 1.10. The average molecular weight is 328 g/mol. The second-order valence-corrected chi connectivity index (χ2v) is 5.70. The van der Waals surface area contributed by atoms with E-state index in [1.807, 2.05) is 31.2 Å². The molecule has 0 aromatic heterocycles. The van der Waals surface area contributed by atoms with Crippen molar-refractivity contribution in [3.8, 4) is 0 Å². The largest absolute Gasteiger partial charge is 0.370 e. The molecule has 0 spiro atoms. The fourth-order valence-corrected chi connectivity index (χ4v) is 2.89. The predicted octanol–water partition coefficient (Wildman–Crippen LogP) is 0.541. The second kappa shape index (κ2) is 7.03. The lowest BCUT2D eigenvalue weighted by Gasteiger charge is -2.24. The molecule has 0 aliphatic carbocycles. The second-order valence-electron chi connectivity index (χ2n) is 4.85. The Morgan fingerprint density at radius 2 is 2.11 bits per heavy atom. The van der Waals surface area contributed by atoms with Crippen molar-refractivity contribution in [3.63, 3.8) is 0 Å². The molecule has 104 valence electrons. The van der Waals surface area contributed by atoms with Crippen LogP contribution in [-0.2, 0) is 9.53 Å². The normalized spacial score (nSPS) is 18.0. The first kappa shape index (κ1) is 14.5. The van der Waals surface area contributed by atoms with Crippen LogP contribution < -0.4 is 10.2 Å². The molecule has 1 fully saturated rings. The van der Waals surface area contributed by atoms with Gasteiger partial charge in [-0.2, -0.15) is 0 Å². The SMILES string of the molecule is C[C@@H](NC(=O)C[NH+]1CCOCC1)c1ccccc1Br. The molecule has 1 aromatic carbocycles. The highest BCUT2D eigenvalue weighted by Crippen LogP contribution is 2.22. The van der Waals surface area contributed by atoms with Crippen molar-refractivity contribution in [2.24, 2.45) is 0 Å². The molecule has 1 saturated heterocycles. The van der Waals surface area contributed by atoms with Gasteiger partial charge in [-0.05, 0) is 18.6 Å². The Hall–Kier alpha value is -0.910. The van der Waals surface area contributed by atoms with E-state index in [2.05, 4.69) is 21.2 Å². The Kier molecular flexibility index (Phi) is 5.36. The van der Waals surface area contributed by atoms with Gasteiger partial charge in [-0.3, -0.25) is 4.79 Å². The number of amides is 1. The first-order chi connectivity index (χ1) is 9.16. The highest BCUT2D eigenvalue weighted by Gasteiger charge is 2.19. The molecule has 4 nitrogen and oxygen atoms in total. The molecule has 1 aliphatic heterocycles. The van der Waals surface area contributed by atoms with Crippen LogP contribution in [0.1, 0.15) is 18.5 Å². The van der Waals surface area contributed by atoms with Gasteiger partial charge in [0.15, 0.2) is 6.54 Å². The predicted molar refractivity (Wildman–Crippen MR) is 77.1 cm³/mol. The summed E-state index contributed by atoms with van der Waals surface area (Å²) in [6.45, 7) is 5.86. The first-order valence-corrected chi connectivity index (χ1v) is 7.41.